The first kappa shape index (κ1) is 45.6. The fourth-order valence-electron chi connectivity index (χ4n) is 8.97. The van der Waals surface area contributed by atoms with Crippen LogP contribution in [0.2, 0.25) is 0 Å². The second kappa shape index (κ2) is 18.8. The molecule has 14 nitrogen and oxygen atoms in total. The van der Waals surface area contributed by atoms with Crippen LogP contribution in [0.25, 0.3) is 65.6 Å². The molecule has 0 radical (unpaired) electrons. The maximum atomic E-state index is 13.5. The van der Waals surface area contributed by atoms with Crippen molar-refractivity contribution in [2.45, 2.75) is 26.8 Å². The van der Waals surface area contributed by atoms with Crippen molar-refractivity contribution >= 4 is 55.3 Å². The number of aryl methyl sites for hydroxylation is 2. The first-order valence-corrected chi connectivity index (χ1v) is 21.2. The summed E-state index contributed by atoms with van der Waals surface area (Å²) in [5.74, 6) is 3.69. The summed E-state index contributed by atoms with van der Waals surface area (Å²) in [4.78, 5) is 26.9. The maximum Gasteiger partial charge on any atom is 0.308 e. The normalized spacial score (nSPS) is 11.1. The van der Waals surface area contributed by atoms with Crippen LogP contribution in [-0.4, -0.2) is 80.5 Å². The summed E-state index contributed by atoms with van der Waals surface area (Å²) in [6.07, 6.45) is 0.513. The van der Waals surface area contributed by atoms with Gasteiger partial charge in [-0.2, -0.15) is 0 Å². The van der Waals surface area contributed by atoms with Gasteiger partial charge >= 0.3 is 11.9 Å². The van der Waals surface area contributed by atoms with Crippen molar-refractivity contribution in [2.75, 3.05) is 64.0 Å². The average molecular weight is 910 g/mol. The molecule has 0 aliphatic carbocycles. The van der Waals surface area contributed by atoms with Crippen LogP contribution in [0.15, 0.2) is 84.9 Å². The Hall–Kier alpha value is -8.00. The number of carbonyl (C=O) groups excluding carboxylic acids is 2. The van der Waals surface area contributed by atoms with Crippen LogP contribution in [0, 0.1) is 0 Å². The van der Waals surface area contributed by atoms with Gasteiger partial charge in [0, 0.05) is 53.1 Å². The standard InChI is InChI=1S/C53H51NO13/c1-28(55)66-52-36-26-44(64-10)42(62-8)24-34(36)48-49-35-25-43(63-9)45(65-11)27-37(35)53(67-29(2)56)47(32-15-19-39(59-5)41(23-32)61-7)51(49)54(21-20-30-12-16-33(57-3)17-13-30)50(48)46(52)31-14-18-38(58-4)40(22-31)60-6/h12-19,22-27H,20-21H2,1-11H3. The zero-order valence-corrected chi connectivity index (χ0v) is 39.3. The number of hydrogen-bond acceptors (Lipinski definition) is 13. The van der Waals surface area contributed by atoms with E-state index in [1.807, 2.05) is 72.8 Å². The van der Waals surface area contributed by atoms with Crippen molar-refractivity contribution in [3.8, 4) is 85.5 Å². The van der Waals surface area contributed by atoms with Crippen molar-refractivity contribution in [1.82, 2.24) is 4.57 Å². The lowest BCUT2D eigenvalue weighted by Crippen LogP contribution is -2.08. The van der Waals surface area contributed by atoms with Crippen LogP contribution in [0.3, 0.4) is 0 Å². The zero-order valence-electron chi connectivity index (χ0n) is 39.3. The smallest absolute Gasteiger partial charge is 0.308 e. The lowest BCUT2D eigenvalue weighted by Gasteiger charge is -2.21. The van der Waals surface area contributed by atoms with Gasteiger partial charge in [0.25, 0.3) is 0 Å². The molecule has 8 aromatic rings. The monoisotopic (exact) mass is 909 g/mol. The number of hydrogen-bond donors (Lipinski definition) is 0. The highest BCUT2D eigenvalue weighted by molar-refractivity contribution is 6.35. The molecule has 0 bridgehead atoms. The molecule has 346 valence electrons. The molecule has 0 fully saturated rings. The molecular weight excluding hydrogens is 859 g/mol. The van der Waals surface area contributed by atoms with Crippen molar-refractivity contribution in [3.05, 3.63) is 90.5 Å². The van der Waals surface area contributed by atoms with Gasteiger partial charge < -0.3 is 56.7 Å². The number of carbonyl (C=O) groups is 2. The van der Waals surface area contributed by atoms with Crippen LogP contribution in [0.4, 0.5) is 0 Å². The number of benzene rings is 7. The summed E-state index contributed by atoms with van der Waals surface area (Å²) in [6.45, 7) is 3.08. The molecule has 1 heterocycles. The number of esters is 2. The highest BCUT2D eigenvalue weighted by Gasteiger charge is 2.32. The lowest BCUT2D eigenvalue weighted by atomic mass is 9.90. The third-order valence-electron chi connectivity index (χ3n) is 11.9. The number of aromatic nitrogens is 1. The van der Waals surface area contributed by atoms with Gasteiger partial charge in [0.2, 0.25) is 0 Å². The summed E-state index contributed by atoms with van der Waals surface area (Å²) >= 11 is 0. The van der Waals surface area contributed by atoms with E-state index in [1.54, 1.807) is 76.1 Å². The van der Waals surface area contributed by atoms with Crippen molar-refractivity contribution in [2.24, 2.45) is 0 Å². The molecule has 14 heteroatoms. The van der Waals surface area contributed by atoms with E-state index < -0.39 is 11.9 Å². The van der Waals surface area contributed by atoms with Gasteiger partial charge in [0.15, 0.2) is 46.0 Å². The number of fused-ring (bicyclic) bond motifs is 7. The molecule has 0 saturated heterocycles. The fraction of sp³-hybridized carbons (Fsp3) is 0.245. The summed E-state index contributed by atoms with van der Waals surface area (Å²) in [5.41, 5.74) is 4.74. The third-order valence-corrected chi connectivity index (χ3v) is 11.9. The van der Waals surface area contributed by atoms with Gasteiger partial charge in [-0.05, 0) is 94.5 Å². The Morgan fingerprint density at radius 1 is 0.418 bits per heavy atom. The van der Waals surface area contributed by atoms with Gasteiger partial charge in [-0.3, -0.25) is 9.59 Å². The van der Waals surface area contributed by atoms with Crippen molar-refractivity contribution < 1.29 is 61.7 Å². The van der Waals surface area contributed by atoms with Gasteiger partial charge in [-0.1, -0.05) is 24.3 Å². The second-order valence-corrected chi connectivity index (χ2v) is 15.4. The summed E-state index contributed by atoms with van der Waals surface area (Å²) in [5, 5.41) is 3.91. The SMILES string of the molecule is COc1ccc(CCn2c3c(-c4ccc(OC)c(OC)c4)c(OC(C)=O)c4cc(OC)c(OC)cc4c3c3c4cc(OC)c(OC)cc4c(OC(C)=O)c(-c4ccc(OC)c(OC)c4)c32)cc1. The molecule has 1 aromatic heterocycles. The Kier molecular flexibility index (Phi) is 12.8. The largest absolute Gasteiger partial charge is 0.497 e. The summed E-state index contributed by atoms with van der Waals surface area (Å²) in [7, 11) is 14.1. The molecule has 0 N–H and O–H groups in total. The molecule has 7 aromatic carbocycles. The van der Waals surface area contributed by atoms with E-state index in [1.165, 1.54) is 13.8 Å². The quantitative estimate of drug-likeness (QED) is 0.0671. The molecule has 0 aliphatic heterocycles. The van der Waals surface area contributed by atoms with E-state index in [2.05, 4.69) is 4.57 Å². The molecule has 0 saturated carbocycles. The highest BCUT2D eigenvalue weighted by atomic mass is 16.5. The van der Waals surface area contributed by atoms with Crippen LogP contribution in [0.5, 0.6) is 63.2 Å². The Morgan fingerprint density at radius 2 is 0.776 bits per heavy atom. The first-order chi connectivity index (χ1) is 32.5. The highest BCUT2D eigenvalue weighted by Crippen LogP contribution is 2.56. The maximum absolute atomic E-state index is 13.5. The topological polar surface area (TPSA) is 141 Å². The zero-order chi connectivity index (χ0) is 47.7. The number of rotatable bonds is 16. The lowest BCUT2D eigenvalue weighted by molar-refractivity contribution is -0.132. The van der Waals surface area contributed by atoms with E-state index in [0.717, 1.165) is 22.1 Å². The van der Waals surface area contributed by atoms with E-state index >= 15 is 0 Å². The average Bonchev–Trinajstić information content (AvgIpc) is 3.68. The minimum Gasteiger partial charge on any atom is -0.497 e. The molecule has 67 heavy (non-hydrogen) atoms. The van der Waals surface area contributed by atoms with Crippen LogP contribution >= 0.6 is 0 Å². The molecule has 0 aliphatic rings. The molecule has 0 atom stereocenters. The van der Waals surface area contributed by atoms with Crippen LogP contribution in [-0.2, 0) is 22.6 Å². The van der Waals surface area contributed by atoms with E-state index in [-0.39, 0.29) is 11.5 Å². The fourth-order valence-corrected chi connectivity index (χ4v) is 8.97. The van der Waals surface area contributed by atoms with Crippen molar-refractivity contribution in [3.63, 3.8) is 0 Å². The summed E-state index contributed by atoms with van der Waals surface area (Å²) < 4.78 is 67.5. The molecule has 0 spiro atoms. The minimum atomic E-state index is -0.552. The van der Waals surface area contributed by atoms with Gasteiger partial charge in [-0.25, -0.2) is 0 Å². The number of nitrogens with zero attached hydrogens (tertiary/aromatic N) is 1. The Labute approximate surface area is 387 Å². The van der Waals surface area contributed by atoms with Gasteiger partial charge in [0.05, 0.1) is 75.0 Å². The predicted octanol–water partition coefficient (Wildman–Crippen LogP) is 10.6. The molecule has 0 amide bonds. The van der Waals surface area contributed by atoms with E-state index in [9.17, 15) is 9.59 Å². The Bertz CT molecular complexity index is 3040. The van der Waals surface area contributed by atoms with Gasteiger partial charge in [-0.15, -0.1) is 0 Å². The summed E-state index contributed by atoms with van der Waals surface area (Å²) in [6, 6.07) is 26.4. The van der Waals surface area contributed by atoms with E-state index in [4.69, 9.17) is 52.1 Å². The van der Waals surface area contributed by atoms with E-state index in [0.29, 0.717) is 114 Å². The number of methoxy groups -OCH3 is 9. The Balaban J connectivity index is 1.75. The van der Waals surface area contributed by atoms with Crippen LogP contribution in [0.1, 0.15) is 19.4 Å². The molecular formula is C53H51NO13. The Morgan fingerprint density at radius 3 is 1.12 bits per heavy atom. The predicted molar refractivity (Wildman–Crippen MR) is 257 cm³/mol. The molecule has 0 unspecified atom stereocenters. The van der Waals surface area contributed by atoms with Gasteiger partial charge in [0.1, 0.15) is 17.2 Å². The van der Waals surface area contributed by atoms with Crippen molar-refractivity contribution in [1.29, 1.82) is 0 Å². The third kappa shape index (κ3) is 7.98. The minimum absolute atomic E-state index is 0.258. The first-order valence-electron chi connectivity index (χ1n) is 21.2. The molecule has 8 rings (SSSR count). The van der Waals surface area contributed by atoms with Crippen LogP contribution < -0.4 is 52.1 Å². The number of ether oxygens (including phenoxy) is 11. The second-order valence-electron chi connectivity index (χ2n) is 15.4.